The maximum Gasteiger partial charge on any atom is 0.0320 e. The third-order valence-corrected chi connectivity index (χ3v) is 4.02. The van der Waals surface area contributed by atoms with Crippen molar-refractivity contribution in [3.63, 3.8) is 0 Å². The van der Waals surface area contributed by atoms with Gasteiger partial charge in [0.2, 0.25) is 0 Å². The van der Waals surface area contributed by atoms with E-state index in [4.69, 9.17) is 11.5 Å². The number of hydrogen-bond acceptors (Lipinski definition) is 2. The van der Waals surface area contributed by atoms with E-state index in [1.807, 2.05) is 18.2 Å². The van der Waals surface area contributed by atoms with E-state index in [0.29, 0.717) is 0 Å². The van der Waals surface area contributed by atoms with Crippen LogP contribution in [0.2, 0.25) is 0 Å². The summed E-state index contributed by atoms with van der Waals surface area (Å²) in [6, 6.07) is 20.4. The van der Waals surface area contributed by atoms with Crippen molar-refractivity contribution in [1.29, 1.82) is 0 Å². The van der Waals surface area contributed by atoms with Crippen molar-refractivity contribution in [3.8, 4) is 22.3 Å². The van der Waals surface area contributed by atoms with Gasteiger partial charge >= 0.3 is 0 Å². The van der Waals surface area contributed by atoms with Gasteiger partial charge in [-0.2, -0.15) is 0 Å². The number of rotatable bonds is 2. The molecule has 4 N–H and O–H groups in total. The van der Waals surface area contributed by atoms with Gasteiger partial charge in [0.25, 0.3) is 0 Å². The molecule has 0 spiro atoms. The lowest BCUT2D eigenvalue weighted by Crippen LogP contribution is -1.94. The second kappa shape index (κ2) is 5.57. The van der Waals surface area contributed by atoms with Crippen molar-refractivity contribution < 1.29 is 0 Å². The summed E-state index contributed by atoms with van der Waals surface area (Å²) in [4.78, 5) is 0. The molecule has 0 bridgehead atoms. The standard InChI is InChI=1S/C20H20N2/c1-13-4-3-5-14(2)20(13)19-12-17(22)10-11-18(19)15-6-8-16(21)9-7-15/h3-12H,21-22H2,1-2H3. The zero-order valence-electron chi connectivity index (χ0n) is 12.9. The predicted octanol–water partition coefficient (Wildman–Crippen LogP) is 4.80. The van der Waals surface area contributed by atoms with E-state index in [2.05, 4.69) is 56.3 Å². The molecule has 0 aromatic heterocycles. The Labute approximate surface area is 131 Å². The normalized spacial score (nSPS) is 10.6. The largest absolute Gasteiger partial charge is 0.399 e. The predicted molar refractivity (Wildman–Crippen MR) is 95.6 cm³/mol. The Morgan fingerprint density at radius 2 is 1.23 bits per heavy atom. The second-order valence-electron chi connectivity index (χ2n) is 5.69. The molecule has 3 aromatic rings. The highest BCUT2D eigenvalue weighted by Gasteiger charge is 2.12. The van der Waals surface area contributed by atoms with Gasteiger partial charge in [0.05, 0.1) is 0 Å². The van der Waals surface area contributed by atoms with Gasteiger partial charge in [0.1, 0.15) is 0 Å². The summed E-state index contributed by atoms with van der Waals surface area (Å²) in [5.74, 6) is 0. The molecule has 0 aliphatic rings. The van der Waals surface area contributed by atoms with Gasteiger partial charge < -0.3 is 11.5 Å². The fourth-order valence-electron chi connectivity index (χ4n) is 2.92. The highest BCUT2D eigenvalue weighted by Crippen LogP contribution is 2.37. The van der Waals surface area contributed by atoms with Crippen molar-refractivity contribution >= 4 is 11.4 Å². The molecule has 0 unspecified atom stereocenters. The summed E-state index contributed by atoms with van der Waals surface area (Å²) in [6.45, 7) is 4.27. The molecule has 2 nitrogen and oxygen atoms in total. The maximum atomic E-state index is 6.05. The molecule has 0 amide bonds. The Balaban J connectivity index is 2.27. The molecule has 0 aliphatic carbocycles. The molecule has 22 heavy (non-hydrogen) atoms. The number of nitrogens with two attached hydrogens (primary N) is 2. The molecule has 0 atom stereocenters. The lowest BCUT2D eigenvalue weighted by atomic mass is 9.89. The van der Waals surface area contributed by atoms with Crippen LogP contribution in [0.3, 0.4) is 0 Å². The molecule has 3 aromatic carbocycles. The van der Waals surface area contributed by atoms with Gasteiger partial charge in [-0.05, 0) is 71.5 Å². The maximum absolute atomic E-state index is 6.05. The second-order valence-corrected chi connectivity index (χ2v) is 5.69. The first kappa shape index (κ1) is 14.2. The minimum atomic E-state index is 0.771. The Kier molecular flexibility index (Phi) is 3.60. The SMILES string of the molecule is Cc1cccc(C)c1-c1cc(N)ccc1-c1ccc(N)cc1. The van der Waals surface area contributed by atoms with E-state index in [9.17, 15) is 0 Å². The van der Waals surface area contributed by atoms with Crippen LogP contribution in [0.5, 0.6) is 0 Å². The molecule has 0 heterocycles. The van der Waals surface area contributed by atoms with E-state index in [-0.39, 0.29) is 0 Å². The van der Waals surface area contributed by atoms with Crippen molar-refractivity contribution in [1.82, 2.24) is 0 Å². The van der Waals surface area contributed by atoms with Crippen LogP contribution in [0.15, 0.2) is 60.7 Å². The smallest absolute Gasteiger partial charge is 0.0320 e. The van der Waals surface area contributed by atoms with Gasteiger partial charge in [-0.1, -0.05) is 36.4 Å². The van der Waals surface area contributed by atoms with Crippen LogP contribution in [0.1, 0.15) is 11.1 Å². The summed E-state index contributed by atoms with van der Waals surface area (Å²) in [6.07, 6.45) is 0. The van der Waals surface area contributed by atoms with E-state index in [1.54, 1.807) is 0 Å². The third-order valence-electron chi connectivity index (χ3n) is 4.02. The van der Waals surface area contributed by atoms with Gasteiger partial charge in [-0.15, -0.1) is 0 Å². The third kappa shape index (κ3) is 2.56. The quantitative estimate of drug-likeness (QED) is 0.665. The molecule has 0 aliphatic heterocycles. The molecular formula is C20H20N2. The monoisotopic (exact) mass is 288 g/mol. The molecule has 0 saturated heterocycles. The summed E-state index contributed by atoms with van der Waals surface area (Å²) in [5, 5.41) is 0. The van der Waals surface area contributed by atoms with Crippen molar-refractivity contribution in [2.75, 3.05) is 11.5 Å². The highest BCUT2D eigenvalue weighted by molar-refractivity contribution is 5.88. The van der Waals surface area contributed by atoms with Gasteiger partial charge in [0.15, 0.2) is 0 Å². The minimum Gasteiger partial charge on any atom is -0.399 e. The van der Waals surface area contributed by atoms with E-state index in [1.165, 1.54) is 27.8 Å². The van der Waals surface area contributed by atoms with Crippen molar-refractivity contribution in [2.45, 2.75) is 13.8 Å². The Morgan fingerprint density at radius 1 is 0.636 bits per heavy atom. The first-order valence-corrected chi connectivity index (χ1v) is 7.38. The molecule has 0 saturated carbocycles. The fourth-order valence-corrected chi connectivity index (χ4v) is 2.92. The van der Waals surface area contributed by atoms with Crippen LogP contribution in [0.4, 0.5) is 11.4 Å². The number of nitrogen functional groups attached to an aromatic ring is 2. The topological polar surface area (TPSA) is 52.0 Å². The van der Waals surface area contributed by atoms with Crippen molar-refractivity contribution in [3.05, 3.63) is 71.8 Å². The number of hydrogen-bond donors (Lipinski definition) is 2. The molecule has 0 radical (unpaired) electrons. The lowest BCUT2D eigenvalue weighted by molar-refractivity contribution is 1.38. The summed E-state index contributed by atoms with van der Waals surface area (Å²) >= 11 is 0. The Morgan fingerprint density at radius 3 is 1.86 bits per heavy atom. The summed E-state index contributed by atoms with van der Waals surface area (Å²) in [7, 11) is 0. The van der Waals surface area contributed by atoms with E-state index < -0.39 is 0 Å². The van der Waals surface area contributed by atoms with Crippen molar-refractivity contribution in [2.24, 2.45) is 0 Å². The van der Waals surface area contributed by atoms with E-state index in [0.717, 1.165) is 16.9 Å². The summed E-state index contributed by atoms with van der Waals surface area (Å²) in [5.41, 5.74) is 20.6. The van der Waals surface area contributed by atoms with Crippen LogP contribution in [0.25, 0.3) is 22.3 Å². The van der Waals surface area contributed by atoms with Crippen LogP contribution in [0, 0.1) is 13.8 Å². The lowest BCUT2D eigenvalue weighted by Gasteiger charge is -2.16. The number of benzene rings is 3. The molecule has 110 valence electrons. The molecular weight excluding hydrogens is 268 g/mol. The zero-order chi connectivity index (χ0) is 15.7. The number of anilines is 2. The number of aryl methyl sites for hydroxylation is 2. The van der Waals surface area contributed by atoms with Crippen LogP contribution >= 0.6 is 0 Å². The van der Waals surface area contributed by atoms with Crippen LogP contribution in [-0.2, 0) is 0 Å². The van der Waals surface area contributed by atoms with Crippen LogP contribution < -0.4 is 11.5 Å². The zero-order valence-corrected chi connectivity index (χ0v) is 12.9. The van der Waals surface area contributed by atoms with Gasteiger partial charge in [-0.3, -0.25) is 0 Å². The molecule has 2 heteroatoms. The Bertz CT molecular complexity index is 797. The average Bonchev–Trinajstić information content (AvgIpc) is 2.48. The fraction of sp³-hybridized carbons (Fsp3) is 0.100. The first-order valence-electron chi connectivity index (χ1n) is 7.38. The molecule has 0 fully saturated rings. The average molecular weight is 288 g/mol. The van der Waals surface area contributed by atoms with Gasteiger partial charge in [0, 0.05) is 11.4 Å². The van der Waals surface area contributed by atoms with E-state index >= 15 is 0 Å². The first-order chi connectivity index (χ1) is 10.6. The molecule has 3 rings (SSSR count). The Hall–Kier alpha value is -2.74. The minimum absolute atomic E-state index is 0.771. The van der Waals surface area contributed by atoms with Crippen LogP contribution in [-0.4, -0.2) is 0 Å². The highest BCUT2D eigenvalue weighted by atomic mass is 14.5. The van der Waals surface area contributed by atoms with Gasteiger partial charge in [-0.25, -0.2) is 0 Å². The summed E-state index contributed by atoms with van der Waals surface area (Å²) < 4.78 is 0.